The van der Waals surface area contributed by atoms with Crippen LogP contribution in [0.4, 0.5) is 0 Å². The maximum absolute atomic E-state index is 2.60. The van der Waals surface area contributed by atoms with E-state index in [-0.39, 0.29) is 15.8 Å². The fourth-order valence-electron chi connectivity index (χ4n) is 5.29. The van der Waals surface area contributed by atoms with Gasteiger partial charge in [-0.3, -0.25) is 0 Å². The first kappa shape index (κ1) is 20.4. The van der Waals surface area contributed by atoms with Crippen molar-refractivity contribution in [2.24, 2.45) is 5.92 Å². The molecular formula is C22H38P2. The fraction of sp³-hybridized carbons (Fsp3) is 0.727. The van der Waals surface area contributed by atoms with Gasteiger partial charge in [-0.2, -0.15) is 0 Å². The lowest BCUT2D eigenvalue weighted by Crippen LogP contribution is -2.36. The maximum atomic E-state index is 2.60. The monoisotopic (exact) mass is 364 g/mol. The summed E-state index contributed by atoms with van der Waals surface area (Å²) >= 11 is 0. The van der Waals surface area contributed by atoms with Gasteiger partial charge in [0.1, 0.15) is 0 Å². The molecule has 1 saturated carbocycles. The fourth-order valence-corrected chi connectivity index (χ4v) is 13.2. The van der Waals surface area contributed by atoms with Crippen LogP contribution in [0, 0.1) is 5.92 Å². The molecule has 24 heavy (non-hydrogen) atoms. The van der Waals surface area contributed by atoms with Crippen molar-refractivity contribution in [3.05, 3.63) is 30.3 Å². The van der Waals surface area contributed by atoms with Crippen LogP contribution in [-0.4, -0.2) is 28.3 Å². The third kappa shape index (κ3) is 4.62. The van der Waals surface area contributed by atoms with E-state index < -0.39 is 0 Å². The highest BCUT2D eigenvalue weighted by Crippen LogP contribution is 2.66. The zero-order valence-electron chi connectivity index (χ0n) is 17.1. The van der Waals surface area contributed by atoms with Crippen LogP contribution in [0.5, 0.6) is 0 Å². The van der Waals surface area contributed by atoms with Gasteiger partial charge in [0.05, 0.1) is 0 Å². The van der Waals surface area contributed by atoms with Crippen molar-refractivity contribution in [3.63, 3.8) is 0 Å². The summed E-state index contributed by atoms with van der Waals surface area (Å²) in [6, 6.07) is 11.3. The Hall–Kier alpha value is 0.0800. The summed E-state index contributed by atoms with van der Waals surface area (Å²) < 4.78 is 0. The van der Waals surface area contributed by atoms with Crippen LogP contribution in [-0.2, 0) is 0 Å². The van der Waals surface area contributed by atoms with Crippen molar-refractivity contribution in [1.82, 2.24) is 0 Å². The molecule has 1 aromatic rings. The van der Waals surface area contributed by atoms with E-state index in [9.17, 15) is 0 Å². The zero-order chi connectivity index (χ0) is 18.1. The SMILES string of the molecule is C[C@H](C1CCCC1P(C)c1ccccc1)P(C(C)(C)C)C(C)(C)C. The smallest absolute Gasteiger partial charge is 0.0137 e. The van der Waals surface area contributed by atoms with Gasteiger partial charge in [0.25, 0.3) is 0 Å². The van der Waals surface area contributed by atoms with Gasteiger partial charge in [-0.15, -0.1) is 0 Å². The first-order valence-electron chi connectivity index (χ1n) is 9.61. The van der Waals surface area contributed by atoms with Crippen LogP contribution >= 0.6 is 15.8 Å². The van der Waals surface area contributed by atoms with Gasteiger partial charge in [0, 0.05) is 0 Å². The molecule has 2 rings (SSSR count). The van der Waals surface area contributed by atoms with E-state index in [4.69, 9.17) is 0 Å². The maximum Gasteiger partial charge on any atom is -0.0137 e. The molecule has 0 nitrogen and oxygen atoms in total. The molecule has 0 bridgehead atoms. The molecule has 0 amide bonds. The summed E-state index contributed by atoms with van der Waals surface area (Å²) in [5.41, 5.74) is 1.79. The molecule has 0 heterocycles. The molecule has 0 radical (unpaired) electrons. The summed E-state index contributed by atoms with van der Waals surface area (Å²) in [7, 11) is -0.0596. The first-order chi connectivity index (χ1) is 11.0. The molecule has 1 aliphatic rings. The quantitative estimate of drug-likeness (QED) is 0.502. The van der Waals surface area contributed by atoms with Gasteiger partial charge < -0.3 is 0 Å². The molecule has 0 N–H and O–H groups in total. The van der Waals surface area contributed by atoms with Gasteiger partial charge in [0.15, 0.2) is 0 Å². The van der Waals surface area contributed by atoms with Crippen molar-refractivity contribution in [3.8, 4) is 0 Å². The second-order valence-corrected chi connectivity index (χ2v) is 16.2. The number of hydrogen-bond acceptors (Lipinski definition) is 0. The van der Waals surface area contributed by atoms with Crippen LogP contribution in [0.1, 0.15) is 67.7 Å². The van der Waals surface area contributed by atoms with Crippen molar-refractivity contribution in [1.29, 1.82) is 0 Å². The topological polar surface area (TPSA) is 0 Å². The van der Waals surface area contributed by atoms with E-state index in [2.05, 4.69) is 85.5 Å². The Labute approximate surface area is 153 Å². The molecular weight excluding hydrogens is 326 g/mol. The van der Waals surface area contributed by atoms with Crippen molar-refractivity contribution >= 4 is 21.1 Å². The van der Waals surface area contributed by atoms with Crippen molar-refractivity contribution < 1.29 is 0 Å². The van der Waals surface area contributed by atoms with E-state index in [1.54, 1.807) is 5.30 Å². The third-order valence-corrected chi connectivity index (χ3v) is 12.5. The molecule has 1 fully saturated rings. The number of hydrogen-bond donors (Lipinski definition) is 0. The van der Waals surface area contributed by atoms with Crippen LogP contribution in [0.2, 0.25) is 0 Å². The molecule has 2 heteroatoms. The second-order valence-electron chi connectivity index (χ2n) is 9.56. The Balaban J connectivity index is 2.25. The van der Waals surface area contributed by atoms with Gasteiger partial charge in [0.2, 0.25) is 0 Å². The Morgan fingerprint density at radius 1 is 0.917 bits per heavy atom. The molecule has 1 aliphatic carbocycles. The summed E-state index contributed by atoms with van der Waals surface area (Å²) in [6.07, 6.45) is 4.34. The molecule has 0 aliphatic heterocycles. The summed E-state index contributed by atoms with van der Waals surface area (Å²) in [5, 5.41) is 2.47. The van der Waals surface area contributed by atoms with Crippen LogP contribution in [0.3, 0.4) is 0 Å². The first-order valence-corrected chi connectivity index (χ1v) is 12.9. The van der Waals surface area contributed by atoms with Gasteiger partial charge in [-0.05, 0) is 52.4 Å². The van der Waals surface area contributed by atoms with E-state index in [1.165, 1.54) is 19.3 Å². The Bertz CT molecular complexity index is 495. The number of benzene rings is 1. The molecule has 0 aromatic heterocycles. The molecule has 3 unspecified atom stereocenters. The molecule has 4 atom stereocenters. The minimum absolute atomic E-state index is 0.0249. The van der Waals surface area contributed by atoms with E-state index in [0.717, 1.165) is 17.2 Å². The van der Waals surface area contributed by atoms with Crippen LogP contribution in [0.25, 0.3) is 0 Å². The molecule has 136 valence electrons. The summed E-state index contributed by atoms with van der Waals surface area (Å²) in [4.78, 5) is 0. The minimum Gasteiger partial charge on any atom is -0.0924 e. The van der Waals surface area contributed by atoms with Gasteiger partial charge in [-0.1, -0.05) is 101 Å². The average molecular weight is 364 g/mol. The lowest BCUT2D eigenvalue weighted by atomic mass is 10.0. The minimum atomic E-state index is -0.0347. The molecule has 0 saturated heterocycles. The Morgan fingerprint density at radius 2 is 1.46 bits per heavy atom. The standard InChI is InChI=1S/C22H38P2/c1-17(24(21(2,3)4)22(5,6)7)19-15-12-16-20(19)23(8)18-13-10-9-11-14-18/h9-11,13-14,17,19-20H,12,15-16H2,1-8H3/t17-,19?,20?,23?/m1/s1. The van der Waals surface area contributed by atoms with Crippen LogP contribution < -0.4 is 5.30 Å². The summed E-state index contributed by atoms with van der Waals surface area (Å²) in [5.74, 6) is 0.922. The van der Waals surface area contributed by atoms with Crippen LogP contribution in [0.15, 0.2) is 30.3 Å². The predicted octanol–water partition coefficient (Wildman–Crippen LogP) is 7.06. The average Bonchev–Trinajstić information content (AvgIpc) is 2.93. The van der Waals surface area contributed by atoms with Crippen molar-refractivity contribution in [2.75, 3.05) is 6.66 Å². The zero-order valence-corrected chi connectivity index (χ0v) is 18.9. The van der Waals surface area contributed by atoms with E-state index in [1.807, 2.05) is 0 Å². The van der Waals surface area contributed by atoms with E-state index in [0.29, 0.717) is 10.3 Å². The third-order valence-electron chi connectivity index (χ3n) is 5.66. The largest absolute Gasteiger partial charge is 0.0924 e. The second kappa shape index (κ2) is 7.76. The number of rotatable bonds is 4. The predicted molar refractivity (Wildman–Crippen MR) is 116 cm³/mol. The van der Waals surface area contributed by atoms with Gasteiger partial charge >= 0.3 is 0 Å². The molecule has 1 aromatic carbocycles. The van der Waals surface area contributed by atoms with E-state index >= 15 is 0 Å². The lowest BCUT2D eigenvalue weighted by molar-refractivity contribution is 0.526. The highest BCUT2D eigenvalue weighted by Gasteiger charge is 2.45. The lowest BCUT2D eigenvalue weighted by Gasteiger charge is -2.48. The highest BCUT2D eigenvalue weighted by molar-refractivity contribution is 7.65. The van der Waals surface area contributed by atoms with Gasteiger partial charge in [-0.25, -0.2) is 0 Å². The molecule has 0 spiro atoms. The van der Waals surface area contributed by atoms with Crippen molar-refractivity contribution in [2.45, 2.75) is 89.4 Å². The highest BCUT2D eigenvalue weighted by atomic mass is 31.1. The Kier molecular flexibility index (Phi) is 6.59. The summed E-state index contributed by atoms with van der Waals surface area (Å²) in [6.45, 7) is 20.0. The normalized spacial score (nSPS) is 25.0. The Morgan fingerprint density at radius 3 is 1.96 bits per heavy atom.